The molecule has 4 rings (SSSR count). The molecule has 0 aliphatic carbocycles. The molecule has 162 valence electrons. The molecule has 0 saturated heterocycles. The number of ether oxygens (including phenoxy) is 1. The van der Waals surface area contributed by atoms with E-state index in [0.717, 1.165) is 10.5 Å². The lowest BCUT2D eigenvalue weighted by Gasteiger charge is -2.16. The zero-order valence-corrected chi connectivity index (χ0v) is 18.2. The highest BCUT2D eigenvalue weighted by Crippen LogP contribution is 2.35. The summed E-state index contributed by atoms with van der Waals surface area (Å²) in [5.41, 5.74) is 2.52. The number of nitrogens with zero attached hydrogens (tertiary/aromatic N) is 1. The first-order valence-electron chi connectivity index (χ1n) is 10.0. The van der Waals surface area contributed by atoms with E-state index in [4.69, 9.17) is 16.3 Å². The number of carbonyl (C=O) groups excluding carboxylic acids is 2. The van der Waals surface area contributed by atoms with E-state index in [2.05, 4.69) is 5.32 Å². The van der Waals surface area contributed by atoms with Gasteiger partial charge in [0.1, 0.15) is 17.3 Å². The second-order valence-corrected chi connectivity index (χ2v) is 7.57. The summed E-state index contributed by atoms with van der Waals surface area (Å²) in [5, 5.41) is 3.64. The molecule has 0 saturated carbocycles. The molecule has 0 bridgehead atoms. The van der Waals surface area contributed by atoms with Crippen molar-refractivity contribution in [2.24, 2.45) is 0 Å². The van der Waals surface area contributed by atoms with Crippen LogP contribution in [0.5, 0.6) is 5.75 Å². The summed E-state index contributed by atoms with van der Waals surface area (Å²) in [6.07, 6.45) is 0. The highest BCUT2D eigenvalue weighted by atomic mass is 35.5. The van der Waals surface area contributed by atoms with Crippen molar-refractivity contribution >= 4 is 40.4 Å². The number of nitrogens with one attached hydrogen (secondary N) is 1. The van der Waals surface area contributed by atoms with Gasteiger partial charge in [0.15, 0.2) is 0 Å². The number of rotatable bonds is 6. The molecule has 0 atom stereocenters. The van der Waals surface area contributed by atoms with Gasteiger partial charge in [0, 0.05) is 10.7 Å². The minimum Gasteiger partial charge on any atom is -0.494 e. The summed E-state index contributed by atoms with van der Waals surface area (Å²) < 4.78 is 18.9. The van der Waals surface area contributed by atoms with Crippen LogP contribution >= 0.6 is 11.6 Å². The van der Waals surface area contributed by atoms with Crippen molar-refractivity contribution in [1.29, 1.82) is 0 Å². The van der Waals surface area contributed by atoms with Gasteiger partial charge in [-0.05, 0) is 73.5 Å². The Morgan fingerprint density at radius 2 is 1.66 bits per heavy atom. The van der Waals surface area contributed by atoms with Crippen LogP contribution in [0.25, 0.3) is 5.57 Å². The zero-order chi connectivity index (χ0) is 22.8. The average Bonchev–Trinajstić information content (AvgIpc) is 3.02. The molecule has 1 heterocycles. The Hall–Kier alpha value is -3.64. The molecule has 3 aromatic carbocycles. The topological polar surface area (TPSA) is 58.6 Å². The Kier molecular flexibility index (Phi) is 5.97. The molecule has 2 amide bonds. The van der Waals surface area contributed by atoms with Gasteiger partial charge in [-0.15, -0.1) is 0 Å². The lowest BCUT2D eigenvalue weighted by Crippen LogP contribution is -2.32. The monoisotopic (exact) mass is 450 g/mol. The van der Waals surface area contributed by atoms with Gasteiger partial charge in [-0.3, -0.25) is 9.59 Å². The largest absolute Gasteiger partial charge is 0.494 e. The maximum Gasteiger partial charge on any atom is 0.282 e. The lowest BCUT2D eigenvalue weighted by molar-refractivity contribution is -0.120. The summed E-state index contributed by atoms with van der Waals surface area (Å²) >= 11 is 6.24. The number of hydrogen-bond donors (Lipinski definition) is 1. The molecular formula is C25H20ClFN2O3. The molecule has 0 radical (unpaired) electrons. The summed E-state index contributed by atoms with van der Waals surface area (Å²) in [5.74, 6) is -0.845. The Morgan fingerprint density at radius 1 is 0.969 bits per heavy atom. The van der Waals surface area contributed by atoms with E-state index in [1.807, 2.05) is 13.8 Å². The number of benzene rings is 3. The van der Waals surface area contributed by atoms with Crippen molar-refractivity contribution in [3.05, 3.63) is 94.4 Å². The maximum absolute atomic E-state index is 13.4. The smallest absolute Gasteiger partial charge is 0.282 e. The third-order valence-corrected chi connectivity index (χ3v) is 5.56. The molecule has 1 N–H and O–H groups in total. The SMILES string of the molecule is CCOc1ccc(C2=C(Nc3cccc(Cl)c3C)C(=O)N(c3ccc(F)cc3)C2=O)cc1. The van der Waals surface area contributed by atoms with Gasteiger partial charge in [-0.2, -0.15) is 0 Å². The third-order valence-electron chi connectivity index (χ3n) is 5.15. The summed E-state index contributed by atoms with van der Waals surface area (Å²) in [6, 6.07) is 17.4. The van der Waals surface area contributed by atoms with Gasteiger partial charge in [-0.1, -0.05) is 29.8 Å². The first kappa shape index (κ1) is 21.6. The predicted molar refractivity (Wildman–Crippen MR) is 123 cm³/mol. The zero-order valence-electron chi connectivity index (χ0n) is 17.5. The normalized spacial score (nSPS) is 13.7. The molecule has 3 aromatic rings. The van der Waals surface area contributed by atoms with Crippen LogP contribution in [0.1, 0.15) is 18.1 Å². The van der Waals surface area contributed by atoms with E-state index in [-0.39, 0.29) is 17.0 Å². The van der Waals surface area contributed by atoms with Crippen molar-refractivity contribution < 1.29 is 18.7 Å². The summed E-state index contributed by atoms with van der Waals surface area (Å²) in [6.45, 7) is 4.21. The molecule has 0 fully saturated rings. The van der Waals surface area contributed by atoms with E-state index >= 15 is 0 Å². The number of halogens is 2. The van der Waals surface area contributed by atoms with Crippen molar-refractivity contribution in [3.8, 4) is 5.75 Å². The average molecular weight is 451 g/mol. The van der Waals surface area contributed by atoms with E-state index in [1.165, 1.54) is 24.3 Å². The summed E-state index contributed by atoms with van der Waals surface area (Å²) in [7, 11) is 0. The number of imide groups is 1. The molecule has 5 nitrogen and oxygen atoms in total. The van der Waals surface area contributed by atoms with Crippen molar-refractivity contribution in [2.45, 2.75) is 13.8 Å². The Morgan fingerprint density at radius 3 is 2.31 bits per heavy atom. The number of amides is 2. The third kappa shape index (κ3) is 3.97. The van der Waals surface area contributed by atoms with E-state index in [1.54, 1.807) is 42.5 Å². The van der Waals surface area contributed by atoms with Gasteiger partial charge in [0.25, 0.3) is 11.8 Å². The van der Waals surface area contributed by atoms with Crippen LogP contribution in [0.15, 0.2) is 72.4 Å². The maximum atomic E-state index is 13.4. The van der Waals surface area contributed by atoms with Gasteiger partial charge in [0.05, 0.1) is 17.9 Å². The van der Waals surface area contributed by atoms with E-state index < -0.39 is 17.6 Å². The molecule has 1 aliphatic heterocycles. The first-order chi connectivity index (χ1) is 15.4. The van der Waals surface area contributed by atoms with Crippen LogP contribution in [0, 0.1) is 12.7 Å². The molecule has 0 unspecified atom stereocenters. The summed E-state index contributed by atoms with van der Waals surface area (Å²) in [4.78, 5) is 27.8. The van der Waals surface area contributed by atoms with E-state index in [9.17, 15) is 14.0 Å². The fourth-order valence-corrected chi connectivity index (χ4v) is 3.67. The van der Waals surface area contributed by atoms with Crippen molar-refractivity contribution in [1.82, 2.24) is 0 Å². The van der Waals surface area contributed by atoms with Gasteiger partial charge in [-0.25, -0.2) is 9.29 Å². The second kappa shape index (κ2) is 8.85. The van der Waals surface area contributed by atoms with Crippen LogP contribution in [-0.4, -0.2) is 18.4 Å². The molecule has 1 aliphatic rings. The fraction of sp³-hybridized carbons (Fsp3) is 0.120. The van der Waals surface area contributed by atoms with Crippen LogP contribution in [-0.2, 0) is 9.59 Å². The van der Waals surface area contributed by atoms with Crippen molar-refractivity contribution in [2.75, 3.05) is 16.8 Å². The minimum absolute atomic E-state index is 0.119. The van der Waals surface area contributed by atoms with Gasteiger partial charge >= 0.3 is 0 Å². The Labute approximate surface area is 190 Å². The highest BCUT2D eigenvalue weighted by molar-refractivity contribution is 6.46. The number of hydrogen-bond acceptors (Lipinski definition) is 4. The molecule has 7 heteroatoms. The van der Waals surface area contributed by atoms with Gasteiger partial charge in [0.2, 0.25) is 0 Å². The number of anilines is 2. The Balaban J connectivity index is 1.81. The van der Waals surface area contributed by atoms with Crippen LogP contribution < -0.4 is 15.0 Å². The van der Waals surface area contributed by atoms with Crippen LogP contribution in [0.4, 0.5) is 15.8 Å². The lowest BCUT2D eigenvalue weighted by atomic mass is 10.0. The van der Waals surface area contributed by atoms with E-state index in [0.29, 0.717) is 28.6 Å². The highest BCUT2D eigenvalue weighted by Gasteiger charge is 2.40. The molecule has 0 aromatic heterocycles. The van der Waals surface area contributed by atoms with Crippen molar-refractivity contribution in [3.63, 3.8) is 0 Å². The molecular weight excluding hydrogens is 431 g/mol. The standard InChI is InChI=1S/C25H20ClFN2O3/c1-3-32-19-13-7-16(8-14-19)22-23(28-21-6-4-5-20(26)15(21)2)25(31)29(24(22)30)18-11-9-17(27)10-12-18/h4-14,28H,3H2,1-2H3. The minimum atomic E-state index is -0.537. The molecule has 0 spiro atoms. The fourth-order valence-electron chi connectivity index (χ4n) is 3.50. The first-order valence-corrected chi connectivity index (χ1v) is 10.4. The second-order valence-electron chi connectivity index (χ2n) is 7.17. The van der Waals surface area contributed by atoms with Crippen LogP contribution in [0.3, 0.4) is 0 Å². The van der Waals surface area contributed by atoms with Crippen LogP contribution in [0.2, 0.25) is 5.02 Å². The Bertz CT molecular complexity index is 1220. The van der Waals surface area contributed by atoms with Gasteiger partial charge < -0.3 is 10.1 Å². The predicted octanol–water partition coefficient (Wildman–Crippen LogP) is 5.58. The quantitative estimate of drug-likeness (QED) is 0.498. The number of carbonyl (C=O) groups is 2. The molecule has 32 heavy (non-hydrogen) atoms.